The number of aromatic nitrogens is 6. The van der Waals surface area contributed by atoms with Crippen LogP contribution in [0.5, 0.6) is 0 Å². The summed E-state index contributed by atoms with van der Waals surface area (Å²) in [4.78, 5) is 24.6. The minimum absolute atomic E-state index is 0.205. The van der Waals surface area contributed by atoms with Gasteiger partial charge in [0.1, 0.15) is 11.3 Å². The molecule has 11 nitrogen and oxygen atoms in total. The first kappa shape index (κ1) is 27.3. The van der Waals surface area contributed by atoms with Gasteiger partial charge < -0.3 is 14.6 Å². The summed E-state index contributed by atoms with van der Waals surface area (Å²) < 4.78 is 40.9. The first-order chi connectivity index (χ1) is 20.8. The van der Waals surface area contributed by atoms with Crippen LogP contribution in [0.25, 0.3) is 28.2 Å². The van der Waals surface area contributed by atoms with Crippen LogP contribution in [0.4, 0.5) is 14.5 Å². The molecule has 1 N–H and O–H groups in total. The maximum atomic E-state index is 13.5. The second-order valence-electron chi connectivity index (χ2n) is 11.1. The maximum absolute atomic E-state index is 13.5. The van der Waals surface area contributed by atoms with Gasteiger partial charge in [-0.3, -0.25) is 18.8 Å². The van der Waals surface area contributed by atoms with Crippen molar-refractivity contribution in [3.05, 3.63) is 72.3 Å². The van der Waals surface area contributed by atoms with Crippen LogP contribution in [-0.4, -0.2) is 78.9 Å². The fourth-order valence-electron chi connectivity index (χ4n) is 5.46. The Morgan fingerprint density at radius 1 is 1.05 bits per heavy atom. The lowest BCUT2D eigenvalue weighted by Gasteiger charge is -2.31. The summed E-state index contributed by atoms with van der Waals surface area (Å²) in [5, 5.41) is 11.5. The van der Waals surface area contributed by atoms with Gasteiger partial charge in [0, 0.05) is 73.2 Å². The molecule has 7 rings (SSSR count). The van der Waals surface area contributed by atoms with Gasteiger partial charge in [0.15, 0.2) is 0 Å². The largest absolute Gasteiger partial charge is 0.379 e. The standard InChI is InChI=1S/C30H30F2N8O3/c1-19-2-3-20(27-36-29(43-37-27)22-13-30(31,32)14-22)12-24(19)35-28(41)25-16-33-26-5-4-21(18-40(25)26)23-15-34-39(17-23)7-6-38-8-10-42-11-9-38/h2-5,12,15-18,22H,6-11,13-14H2,1H3,(H,35,41). The summed E-state index contributed by atoms with van der Waals surface area (Å²) in [5.41, 5.74) is 4.86. The Hall–Kier alpha value is -4.49. The van der Waals surface area contributed by atoms with E-state index in [2.05, 4.69) is 30.4 Å². The van der Waals surface area contributed by atoms with Gasteiger partial charge in [0.2, 0.25) is 17.6 Å². The van der Waals surface area contributed by atoms with Gasteiger partial charge in [0.25, 0.3) is 5.91 Å². The highest BCUT2D eigenvalue weighted by molar-refractivity contribution is 6.04. The third kappa shape index (κ3) is 5.65. The average molecular weight is 589 g/mol. The fraction of sp³-hybridized carbons (Fsp3) is 0.367. The normalized spacial score (nSPS) is 17.3. The zero-order valence-corrected chi connectivity index (χ0v) is 23.5. The summed E-state index contributed by atoms with van der Waals surface area (Å²) in [6, 6.07) is 9.22. The Morgan fingerprint density at radius 2 is 1.86 bits per heavy atom. The number of pyridine rings is 1. The zero-order valence-electron chi connectivity index (χ0n) is 23.5. The molecule has 1 aliphatic carbocycles. The van der Waals surface area contributed by atoms with E-state index in [0.29, 0.717) is 22.6 Å². The number of hydrogen-bond donors (Lipinski definition) is 1. The van der Waals surface area contributed by atoms with Gasteiger partial charge in [-0.1, -0.05) is 17.3 Å². The minimum Gasteiger partial charge on any atom is -0.379 e. The third-order valence-corrected chi connectivity index (χ3v) is 8.08. The molecule has 2 aliphatic rings. The topological polar surface area (TPSA) is 116 Å². The van der Waals surface area contributed by atoms with Crippen molar-refractivity contribution in [2.45, 2.75) is 38.2 Å². The van der Waals surface area contributed by atoms with Crippen LogP contribution in [0.1, 0.15) is 40.7 Å². The molecule has 0 bridgehead atoms. The van der Waals surface area contributed by atoms with Crippen molar-refractivity contribution in [1.29, 1.82) is 0 Å². The van der Waals surface area contributed by atoms with E-state index in [9.17, 15) is 13.6 Å². The average Bonchev–Trinajstić information content (AvgIpc) is 3.76. The van der Waals surface area contributed by atoms with Crippen molar-refractivity contribution in [2.75, 3.05) is 38.2 Å². The summed E-state index contributed by atoms with van der Waals surface area (Å²) in [6.45, 7) is 6.96. The molecule has 1 aliphatic heterocycles. The van der Waals surface area contributed by atoms with Crippen molar-refractivity contribution in [3.8, 4) is 22.5 Å². The molecule has 4 aromatic heterocycles. The highest BCUT2D eigenvalue weighted by atomic mass is 19.3. The van der Waals surface area contributed by atoms with E-state index in [1.165, 1.54) is 0 Å². The molecular weight excluding hydrogens is 558 g/mol. The van der Waals surface area contributed by atoms with E-state index in [1.54, 1.807) is 22.7 Å². The van der Waals surface area contributed by atoms with E-state index in [-0.39, 0.29) is 30.5 Å². The van der Waals surface area contributed by atoms with Gasteiger partial charge in [-0.05, 0) is 30.7 Å². The lowest BCUT2D eigenvalue weighted by Crippen LogP contribution is -2.38. The smallest absolute Gasteiger partial charge is 0.274 e. The summed E-state index contributed by atoms with van der Waals surface area (Å²) in [7, 11) is 0. The lowest BCUT2D eigenvalue weighted by atomic mass is 9.81. The molecule has 1 aromatic carbocycles. The molecule has 0 unspecified atom stereocenters. The number of nitrogens with one attached hydrogen (secondary N) is 1. The van der Waals surface area contributed by atoms with Crippen LogP contribution in [0.3, 0.4) is 0 Å². The van der Waals surface area contributed by atoms with E-state index >= 15 is 0 Å². The number of carbonyl (C=O) groups is 1. The van der Waals surface area contributed by atoms with Gasteiger partial charge in [-0.2, -0.15) is 10.1 Å². The molecule has 0 radical (unpaired) electrons. The number of halogens is 2. The van der Waals surface area contributed by atoms with Crippen LogP contribution < -0.4 is 5.32 Å². The Bertz CT molecular complexity index is 1780. The van der Waals surface area contributed by atoms with Gasteiger partial charge >= 0.3 is 0 Å². The van der Waals surface area contributed by atoms with Crippen LogP contribution in [0.15, 0.2) is 59.6 Å². The van der Waals surface area contributed by atoms with Crippen LogP contribution in [0, 0.1) is 6.92 Å². The summed E-state index contributed by atoms with van der Waals surface area (Å²) in [5.74, 6) is -2.96. The van der Waals surface area contributed by atoms with E-state index in [4.69, 9.17) is 9.26 Å². The van der Waals surface area contributed by atoms with Crippen molar-refractivity contribution < 1.29 is 22.8 Å². The lowest BCUT2D eigenvalue weighted by molar-refractivity contribution is -0.0925. The molecule has 43 heavy (non-hydrogen) atoms. The van der Waals surface area contributed by atoms with E-state index in [0.717, 1.165) is 56.1 Å². The number of ether oxygens (including phenoxy) is 1. The molecule has 1 saturated heterocycles. The van der Waals surface area contributed by atoms with Crippen molar-refractivity contribution in [1.82, 2.24) is 34.2 Å². The molecule has 0 spiro atoms. The molecule has 2 fully saturated rings. The van der Waals surface area contributed by atoms with Crippen molar-refractivity contribution >= 4 is 17.2 Å². The number of benzene rings is 1. The van der Waals surface area contributed by atoms with Crippen LogP contribution in [-0.2, 0) is 11.3 Å². The van der Waals surface area contributed by atoms with E-state index < -0.39 is 11.8 Å². The SMILES string of the molecule is Cc1ccc(-c2noc(C3CC(F)(F)C3)n2)cc1NC(=O)c1cnc2ccc(-c3cnn(CCN4CCOCC4)c3)cn12. The number of fused-ring (bicyclic) bond motifs is 1. The molecule has 5 heterocycles. The summed E-state index contributed by atoms with van der Waals surface area (Å²) >= 11 is 0. The molecule has 1 saturated carbocycles. The number of rotatable bonds is 8. The Morgan fingerprint density at radius 3 is 2.67 bits per heavy atom. The number of alkyl halides is 2. The fourth-order valence-corrected chi connectivity index (χ4v) is 5.46. The second-order valence-corrected chi connectivity index (χ2v) is 11.1. The Balaban J connectivity index is 1.07. The maximum Gasteiger partial charge on any atom is 0.274 e. The predicted octanol–water partition coefficient (Wildman–Crippen LogP) is 4.65. The number of anilines is 1. The van der Waals surface area contributed by atoms with Gasteiger partial charge in [-0.25, -0.2) is 13.8 Å². The number of amides is 1. The minimum atomic E-state index is -2.68. The number of nitrogens with zero attached hydrogens (tertiary/aromatic N) is 7. The van der Waals surface area contributed by atoms with Gasteiger partial charge in [0.05, 0.1) is 32.2 Å². The highest BCUT2D eigenvalue weighted by Crippen LogP contribution is 2.48. The quantitative estimate of drug-likeness (QED) is 0.279. The molecule has 222 valence electrons. The monoisotopic (exact) mass is 588 g/mol. The number of hydrogen-bond acceptors (Lipinski definition) is 8. The van der Waals surface area contributed by atoms with Crippen LogP contribution >= 0.6 is 0 Å². The molecule has 1 amide bonds. The number of morpholine rings is 1. The third-order valence-electron chi connectivity index (χ3n) is 8.08. The van der Waals surface area contributed by atoms with E-state index in [1.807, 2.05) is 48.4 Å². The van der Waals surface area contributed by atoms with Crippen molar-refractivity contribution in [2.24, 2.45) is 0 Å². The Labute approximate surface area is 245 Å². The van der Waals surface area contributed by atoms with Crippen molar-refractivity contribution in [3.63, 3.8) is 0 Å². The molecule has 13 heteroatoms. The second kappa shape index (κ2) is 11.0. The van der Waals surface area contributed by atoms with Crippen LogP contribution in [0.2, 0.25) is 0 Å². The predicted molar refractivity (Wildman–Crippen MR) is 153 cm³/mol. The number of aryl methyl sites for hydroxylation is 1. The zero-order chi connectivity index (χ0) is 29.6. The first-order valence-corrected chi connectivity index (χ1v) is 14.3. The number of imidazole rings is 1. The Kier molecular flexibility index (Phi) is 6.98. The highest BCUT2D eigenvalue weighted by Gasteiger charge is 2.48. The molecular formula is C30H30F2N8O3. The van der Waals surface area contributed by atoms with Gasteiger partial charge in [-0.15, -0.1) is 0 Å². The number of carbonyl (C=O) groups excluding carboxylic acids is 1. The molecule has 5 aromatic rings. The first-order valence-electron chi connectivity index (χ1n) is 14.3. The molecule has 0 atom stereocenters. The summed E-state index contributed by atoms with van der Waals surface area (Å²) in [6.07, 6.45) is 6.68.